The Bertz CT molecular complexity index is 953. The molecule has 0 aliphatic rings. The third kappa shape index (κ3) is 4.39. The lowest BCUT2D eigenvalue weighted by Gasteiger charge is -2.21. The van der Waals surface area contributed by atoms with Crippen LogP contribution in [0.5, 0.6) is 11.5 Å². The van der Waals surface area contributed by atoms with Crippen LogP contribution in [0.2, 0.25) is 0 Å². The van der Waals surface area contributed by atoms with Crippen molar-refractivity contribution >= 4 is 28.2 Å². The summed E-state index contributed by atoms with van der Waals surface area (Å²) in [6.07, 6.45) is 3.36. The van der Waals surface area contributed by atoms with Crippen molar-refractivity contribution in [2.45, 2.75) is 26.2 Å². The topological polar surface area (TPSA) is 64.5 Å². The molecule has 0 radical (unpaired) electrons. The zero-order valence-corrected chi connectivity index (χ0v) is 16.5. The van der Waals surface area contributed by atoms with E-state index in [0.29, 0.717) is 37.4 Å². The number of para-hydroxylation sites is 1. The molecule has 1 heterocycles. The van der Waals surface area contributed by atoms with Gasteiger partial charge < -0.3 is 14.4 Å². The van der Waals surface area contributed by atoms with E-state index in [9.17, 15) is 4.79 Å². The zero-order chi connectivity index (χ0) is 19.9. The Morgan fingerprint density at radius 1 is 1.11 bits per heavy atom. The monoisotopic (exact) mass is 379 g/mol. The van der Waals surface area contributed by atoms with Gasteiger partial charge in [-0.15, -0.1) is 0 Å². The van der Waals surface area contributed by atoms with Crippen LogP contribution in [0, 0.1) is 0 Å². The number of fused-ring (bicyclic) bond motifs is 1. The molecular weight excluding hydrogens is 354 g/mol. The Morgan fingerprint density at radius 2 is 1.93 bits per heavy atom. The Labute approximate surface area is 165 Å². The largest absolute Gasteiger partial charge is 0.493 e. The number of benzene rings is 2. The number of methoxy groups -OCH3 is 1. The van der Waals surface area contributed by atoms with E-state index < -0.39 is 0 Å². The molecule has 2 aromatic carbocycles. The highest BCUT2D eigenvalue weighted by atomic mass is 16.5. The molecule has 0 aliphatic carbocycles. The summed E-state index contributed by atoms with van der Waals surface area (Å²) in [7, 11) is 3.57. The lowest BCUT2D eigenvalue weighted by molar-refractivity contribution is -0.118. The second-order valence-electron chi connectivity index (χ2n) is 6.45. The van der Waals surface area contributed by atoms with Gasteiger partial charge in [-0.05, 0) is 30.7 Å². The number of Topliss-reactive ketones (excluding diaryl/α,β-unsaturated/α-hetero) is 1. The Kier molecular flexibility index (Phi) is 6.42. The smallest absolute Gasteiger partial charge is 0.163 e. The summed E-state index contributed by atoms with van der Waals surface area (Å²) in [4.78, 5) is 22.2. The summed E-state index contributed by atoms with van der Waals surface area (Å²) in [5, 5.41) is 0.976. The number of carbonyl (C=O) groups excluding carboxylic acids is 1. The molecule has 0 aliphatic heterocycles. The van der Waals surface area contributed by atoms with Crippen LogP contribution in [0.3, 0.4) is 0 Å². The van der Waals surface area contributed by atoms with Gasteiger partial charge in [0.05, 0.1) is 19.2 Å². The van der Waals surface area contributed by atoms with E-state index >= 15 is 0 Å². The third-order valence-electron chi connectivity index (χ3n) is 4.63. The molecule has 3 aromatic rings. The molecule has 6 heteroatoms. The number of hydrogen-bond donors (Lipinski definition) is 0. The lowest BCUT2D eigenvalue weighted by Crippen LogP contribution is -2.12. The number of nitrogens with zero attached hydrogens (tertiary/aromatic N) is 3. The summed E-state index contributed by atoms with van der Waals surface area (Å²) in [6.45, 7) is 2.34. The van der Waals surface area contributed by atoms with Crippen molar-refractivity contribution in [3.63, 3.8) is 0 Å². The van der Waals surface area contributed by atoms with E-state index in [-0.39, 0.29) is 5.78 Å². The van der Waals surface area contributed by atoms with Gasteiger partial charge in [0.25, 0.3) is 0 Å². The average molecular weight is 379 g/mol. The highest BCUT2D eigenvalue weighted by molar-refractivity contribution is 5.91. The molecule has 146 valence electrons. The van der Waals surface area contributed by atoms with Crippen molar-refractivity contribution in [3.8, 4) is 11.5 Å². The molecule has 3 rings (SSSR count). The number of ether oxygens (including phenoxy) is 2. The SMILES string of the molecule is CCC(=O)CCCOc1cc(N(C)c2ncnc3ccccc23)ccc1OC. The molecule has 0 atom stereocenters. The summed E-state index contributed by atoms with van der Waals surface area (Å²) in [6, 6.07) is 13.7. The molecule has 0 fully saturated rings. The second-order valence-corrected chi connectivity index (χ2v) is 6.45. The molecule has 0 unspecified atom stereocenters. The van der Waals surface area contributed by atoms with E-state index in [1.807, 2.05) is 61.3 Å². The summed E-state index contributed by atoms with van der Waals surface area (Å²) < 4.78 is 11.3. The molecule has 0 spiro atoms. The minimum absolute atomic E-state index is 0.250. The van der Waals surface area contributed by atoms with Crippen molar-refractivity contribution in [3.05, 3.63) is 48.8 Å². The molecular formula is C22H25N3O3. The average Bonchev–Trinajstić information content (AvgIpc) is 2.75. The van der Waals surface area contributed by atoms with Gasteiger partial charge in [-0.1, -0.05) is 19.1 Å². The van der Waals surface area contributed by atoms with E-state index in [2.05, 4.69) is 9.97 Å². The maximum absolute atomic E-state index is 11.5. The van der Waals surface area contributed by atoms with E-state index in [0.717, 1.165) is 22.4 Å². The fraction of sp³-hybridized carbons (Fsp3) is 0.318. The summed E-state index contributed by atoms with van der Waals surface area (Å²) >= 11 is 0. The molecule has 1 aromatic heterocycles. The second kappa shape index (κ2) is 9.17. The standard InChI is InChI=1S/C22H25N3O3/c1-4-17(26)8-7-13-28-21-14-16(11-12-20(21)27-3)25(2)22-18-9-5-6-10-19(18)23-15-24-22/h5-6,9-12,14-15H,4,7-8,13H2,1-3H3. The first-order valence-corrected chi connectivity index (χ1v) is 9.40. The van der Waals surface area contributed by atoms with Crippen LogP contribution in [0.25, 0.3) is 10.9 Å². The van der Waals surface area contributed by atoms with Gasteiger partial charge in [0.1, 0.15) is 17.9 Å². The minimum atomic E-state index is 0.250. The van der Waals surface area contributed by atoms with Crippen molar-refractivity contribution < 1.29 is 14.3 Å². The Balaban J connectivity index is 1.82. The first-order valence-electron chi connectivity index (χ1n) is 9.40. The van der Waals surface area contributed by atoms with Crippen LogP contribution in [0.15, 0.2) is 48.8 Å². The molecule has 6 nitrogen and oxygen atoms in total. The minimum Gasteiger partial charge on any atom is -0.493 e. The van der Waals surface area contributed by atoms with Crippen molar-refractivity contribution in [1.29, 1.82) is 0 Å². The van der Waals surface area contributed by atoms with Crippen LogP contribution in [-0.2, 0) is 4.79 Å². The van der Waals surface area contributed by atoms with Crippen molar-refractivity contribution in [1.82, 2.24) is 9.97 Å². The first-order chi connectivity index (χ1) is 13.6. The van der Waals surface area contributed by atoms with E-state index in [4.69, 9.17) is 9.47 Å². The van der Waals surface area contributed by atoms with Crippen LogP contribution in [0.1, 0.15) is 26.2 Å². The van der Waals surface area contributed by atoms with Gasteiger partial charge in [0.2, 0.25) is 0 Å². The molecule has 0 N–H and O–H groups in total. The first kappa shape index (κ1) is 19.6. The molecule has 0 bridgehead atoms. The van der Waals surface area contributed by atoms with Gasteiger partial charge in [0.15, 0.2) is 11.5 Å². The molecule has 0 saturated heterocycles. The van der Waals surface area contributed by atoms with Crippen molar-refractivity contribution in [2.24, 2.45) is 0 Å². The maximum atomic E-state index is 11.5. The summed E-state index contributed by atoms with van der Waals surface area (Å²) in [5.74, 6) is 2.37. The molecule has 0 amide bonds. The summed E-state index contributed by atoms with van der Waals surface area (Å²) in [5.41, 5.74) is 1.81. The van der Waals surface area contributed by atoms with Gasteiger partial charge in [-0.3, -0.25) is 4.79 Å². The van der Waals surface area contributed by atoms with E-state index in [1.54, 1.807) is 13.4 Å². The zero-order valence-electron chi connectivity index (χ0n) is 16.5. The lowest BCUT2D eigenvalue weighted by atomic mass is 10.2. The van der Waals surface area contributed by atoms with Crippen LogP contribution in [-0.4, -0.2) is 36.5 Å². The highest BCUT2D eigenvalue weighted by Crippen LogP contribution is 2.35. The van der Waals surface area contributed by atoms with Crippen molar-refractivity contribution in [2.75, 3.05) is 25.7 Å². The number of aromatic nitrogens is 2. The van der Waals surface area contributed by atoms with Gasteiger partial charge in [-0.2, -0.15) is 0 Å². The highest BCUT2D eigenvalue weighted by Gasteiger charge is 2.13. The number of anilines is 2. The fourth-order valence-corrected chi connectivity index (χ4v) is 3.00. The van der Waals surface area contributed by atoms with E-state index in [1.165, 1.54) is 0 Å². The quantitative estimate of drug-likeness (QED) is 0.509. The third-order valence-corrected chi connectivity index (χ3v) is 4.63. The van der Waals surface area contributed by atoms with Crippen LogP contribution >= 0.6 is 0 Å². The van der Waals surface area contributed by atoms with Gasteiger partial charge >= 0.3 is 0 Å². The van der Waals surface area contributed by atoms with Gasteiger partial charge in [-0.25, -0.2) is 9.97 Å². The molecule has 0 saturated carbocycles. The predicted molar refractivity (Wildman–Crippen MR) is 111 cm³/mol. The number of rotatable bonds is 9. The Hall–Kier alpha value is -3.15. The predicted octanol–water partition coefficient (Wildman–Crippen LogP) is 4.54. The number of carbonyl (C=O) groups is 1. The Morgan fingerprint density at radius 3 is 2.71 bits per heavy atom. The van der Waals surface area contributed by atoms with Gasteiger partial charge in [0, 0.05) is 37.0 Å². The van der Waals surface area contributed by atoms with Crippen LogP contribution < -0.4 is 14.4 Å². The maximum Gasteiger partial charge on any atom is 0.163 e. The molecule has 28 heavy (non-hydrogen) atoms. The normalized spacial score (nSPS) is 10.7. The fourth-order valence-electron chi connectivity index (χ4n) is 3.00. The number of ketones is 1. The van der Waals surface area contributed by atoms with Crippen LogP contribution in [0.4, 0.5) is 11.5 Å². The number of hydrogen-bond acceptors (Lipinski definition) is 6.